The van der Waals surface area contributed by atoms with Crippen molar-refractivity contribution in [2.24, 2.45) is 0 Å². The third kappa shape index (κ3) is 3.84. The summed E-state index contributed by atoms with van der Waals surface area (Å²) in [5.74, 6) is 0.915. The first-order valence-electron chi connectivity index (χ1n) is 7.05. The topological polar surface area (TPSA) is 25.4 Å². The molecule has 0 saturated carbocycles. The number of halogens is 1. The van der Waals surface area contributed by atoms with Crippen LogP contribution in [0.3, 0.4) is 0 Å². The zero-order valence-electron chi connectivity index (χ0n) is 11.7. The van der Waals surface area contributed by atoms with Crippen molar-refractivity contribution in [2.75, 3.05) is 31.2 Å². The van der Waals surface area contributed by atoms with Gasteiger partial charge in [0, 0.05) is 13.1 Å². The number of ether oxygens (including phenoxy) is 1. The third-order valence-corrected chi connectivity index (χ3v) is 3.60. The van der Waals surface area contributed by atoms with Crippen molar-refractivity contribution in [3.05, 3.63) is 58.7 Å². The van der Waals surface area contributed by atoms with Crippen LogP contribution in [0.25, 0.3) is 12.2 Å². The lowest BCUT2D eigenvalue weighted by Crippen LogP contribution is -2.36. The predicted octanol–water partition coefficient (Wildman–Crippen LogP) is 3.74. The van der Waals surface area contributed by atoms with Crippen LogP contribution in [0, 0.1) is 0 Å². The minimum atomic E-state index is 0.520. The fraction of sp³-hybridized carbons (Fsp3) is 0.235. The molecule has 3 nitrogen and oxygen atoms in total. The number of hydrogen-bond donors (Lipinski definition) is 0. The highest BCUT2D eigenvalue weighted by Crippen LogP contribution is 2.20. The minimum Gasteiger partial charge on any atom is -0.378 e. The summed E-state index contributed by atoms with van der Waals surface area (Å²) in [5, 5.41) is 0.520. The van der Waals surface area contributed by atoms with E-state index < -0.39 is 0 Å². The molecule has 0 unspecified atom stereocenters. The van der Waals surface area contributed by atoms with Crippen LogP contribution < -0.4 is 4.90 Å². The number of anilines is 1. The molecule has 0 N–H and O–H groups in total. The van der Waals surface area contributed by atoms with Gasteiger partial charge < -0.3 is 9.64 Å². The molecule has 108 valence electrons. The molecule has 1 aromatic heterocycles. The highest BCUT2D eigenvalue weighted by molar-refractivity contribution is 6.29. The van der Waals surface area contributed by atoms with Crippen molar-refractivity contribution in [3.63, 3.8) is 0 Å². The Balaban J connectivity index is 1.82. The Hall–Kier alpha value is -1.84. The van der Waals surface area contributed by atoms with Crippen LogP contribution in [-0.4, -0.2) is 31.3 Å². The van der Waals surface area contributed by atoms with E-state index >= 15 is 0 Å². The van der Waals surface area contributed by atoms with E-state index in [0.717, 1.165) is 37.7 Å². The van der Waals surface area contributed by atoms with Crippen LogP contribution >= 0.6 is 11.6 Å². The molecule has 2 heterocycles. The predicted molar refractivity (Wildman–Crippen MR) is 87.6 cm³/mol. The van der Waals surface area contributed by atoms with Gasteiger partial charge in [0.15, 0.2) is 0 Å². The van der Waals surface area contributed by atoms with Crippen LogP contribution in [0.15, 0.2) is 42.5 Å². The van der Waals surface area contributed by atoms with E-state index in [0.29, 0.717) is 5.15 Å². The Labute approximate surface area is 129 Å². The summed E-state index contributed by atoms with van der Waals surface area (Å²) in [4.78, 5) is 6.62. The summed E-state index contributed by atoms with van der Waals surface area (Å²) in [6.07, 6.45) is 4.14. The lowest BCUT2D eigenvalue weighted by molar-refractivity contribution is 0.122. The van der Waals surface area contributed by atoms with Gasteiger partial charge in [-0.05, 0) is 23.3 Å². The highest BCUT2D eigenvalue weighted by atomic mass is 35.5. The van der Waals surface area contributed by atoms with E-state index in [1.54, 1.807) is 0 Å². The molecular formula is C17H17ClN2O. The molecule has 1 aromatic carbocycles. The van der Waals surface area contributed by atoms with Crippen LogP contribution in [0.5, 0.6) is 0 Å². The third-order valence-electron chi connectivity index (χ3n) is 3.41. The first-order chi connectivity index (χ1) is 10.3. The zero-order chi connectivity index (χ0) is 14.5. The molecule has 0 bridgehead atoms. The summed E-state index contributed by atoms with van der Waals surface area (Å²) >= 11 is 6.15. The van der Waals surface area contributed by atoms with Gasteiger partial charge in [-0.15, -0.1) is 0 Å². The number of benzene rings is 1. The monoisotopic (exact) mass is 300 g/mol. The molecular weight excluding hydrogens is 284 g/mol. The van der Waals surface area contributed by atoms with Crippen LogP contribution in [0.4, 0.5) is 5.82 Å². The summed E-state index contributed by atoms with van der Waals surface area (Å²) in [7, 11) is 0. The number of hydrogen-bond acceptors (Lipinski definition) is 3. The smallest absolute Gasteiger partial charge is 0.132 e. The van der Waals surface area contributed by atoms with Gasteiger partial charge in [0.25, 0.3) is 0 Å². The first kappa shape index (κ1) is 14.1. The van der Waals surface area contributed by atoms with Crippen molar-refractivity contribution in [1.82, 2.24) is 4.98 Å². The van der Waals surface area contributed by atoms with Gasteiger partial charge in [-0.2, -0.15) is 0 Å². The average Bonchev–Trinajstić information content (AvgIpc) is 2.54. The molecule has 21 heavy (non-hydrogen) atoms. The Bertz CT molecular complexity index is 622. The van der Waals surface area contributed by atoms with Crippen LogP contribution in [0.1, 0.15) is 11.1 Å². The maximum Gasteiger partial charge on any atom is 0.132 e. The van der Waals surface area contributed by atoms with E-state index in [1.807, 2.05) is 24.3 Å². The Kier molecular flexibility index (Phi) is 4.53. The molecule has 3 rings (SSSR count). The van der Waals surface area contributed by atoms with E-state index in [1.165, 1.54) is 5.56 Å². The summed E-state index contributed by atoms with van der Waals surface area (Å²) in [6, 6.07) is 14.2. The molecule has 1 saturated heterocycles. The maximum atomic E-state index is 6.15. The largest absolute Gasteiger partial charge is 0.378 e. The Morgan fingerprint density at radius 3 is 2.48 bits per heavy atom. The second-order valence-electron chi connectivity index (χ2n) is 4.92. The van der Waals surface area contributed by atoms with Gasteiger partial charge in [-0.1, -0.05) is 54.1 Å². The number of morpholine rings is 1. The molecule has 1 fully saturated rings. The van der Waals surface area contributed by atoms with Crippen LogP contribution in [-0.2, 0) is 4.74 Å². The van der Waals surface area contributed by atoms with Crippen molar-refractivity contribution >= 4 is 29.6 Å². The summed E-state index contributed by atoms with van der Waals surface area (Å²) in [5.41, 5.74) is 2.22. The van der Waals surface area contributed by atoms with Crippen LogP contribution in [0.2, 0.25) is 5.15 Å². The van der Waals surface area contributed by atoms with Crippen molar-refractivity contribution in [3.8, 4) is 0 Å². The quantitative estimate of drug-likeness (QED) is 0.807. The zero-order valence-corrected chi connectivity index (χ0v) is 12.5. The summed E-state index contributed by atoms with van der Waals surface area (Å²) in [6.45, 7) is 3.19. The second-order valence-corrected chi connectivity index (χ2v) is 5.31. The maximum absolute atomic E-state index is 6.15. The van der Waals surface area contributed by atoms with Gasteiger partial charge in [-0.25, -0.2) is 4.98 Å². The number of nitrogens with zero attached hydrogens (tertiary/aromatic N) is 2. The number of pyridine rings is 1. The average molecular weight is 301 g/mol. The molecule has 0 aliphatic carbocycles. The van der Waals surface area contributed by atoms with Gasteiger partial charge in [0.2, 0.25) is 0 Å². The van der Waals surface area contributed by atoms with Gasteiger partial charge in [0.1, 0.15) is 11.0 Å². The standard InChI is InChI=1S/C17H17ClN2O/c18-16-12-15(7-6-14-4-2-1-3-5-14)13-17(19-16)20-8-10-21-11-9-20/h1-7,12-13H,8-11H2. The lowest BCUT2D eigenvalue weighted by atomic mass is 10.1. The van der Waals surface area contributed by atoms with Crippen molar-refractivity contribution in [2.45, 2.75) is 0 Å². The van der Waals surface area contributed by atoms with E-state index in [4.69, 9.17) is 16.3 Å². The molecule has 0 radical (unpaired) electrons. The van der Waals surface area contributed by atoms with Gasteiger partial charge in [0.05, 0.1) is 13.2 Å². The molecule has 1 aliphatic heterocycles. The number of rotatable bonds is 3. The molecule has 0 amide bonds. The molecule has 2 aromatic rings. The molecule has 0 atom stereocenters. The Morgan fingerprint density at radius 1 is 1.00 bits per heavy atom. The lowest BCUT2D eigenvalue weighted by Gasteiger charge is -2.28. The SMILES string of the molecule is Clc1cc(C=Cc2ccccc2)cc(N2CCOCC2)n1. The number of aromatic nitrogens is 1. The molecule has 0 spiro atoms. The van der Waals surface area contributed by atoms with E-state index in [2.05, 4.69) is 40.2 Å². The fourth-order valence-electron chi connectivity index (χ4n) is 2.31. The van der Waals surface area contributed by atoms with Gasteiger partial charge in [-0.3, -0.25) is 0 Å². The highest BCUT2D eigenvalue weighted by Gasteiger charge is 2.13. The molecule has 4 heteroatoms. The first-order valence-corrected chi connectivity index (χ1v) is 7.42. The summed E-state index contributed by atoms with van der Waals surface area (Å²) < 4.78 is 5.37. The fourth-order valence-corrected chi connectivity index (χ4v) is 2.52. The molecule has 1 aliphatic rings. The van der Waals surface area contributed by atoms with E-state index in [9.17, 15) is 0 Å². The minimum absolute atomic E-state index is 0.520. The second kappa shape index (κ2) is 6.74. The normalized spacial score (nSPS) is 15.6. The van der Waals surface area contributed by atoms with Crippen molar-refractivity contribution < 1.29 is 4.74 Å². The van der Waals surface area contributed by atoms with E-state index in [-0.39, 0.29) is 0 Å². The van der Waals surface area contributed by atoms with Crippen molar-refractivity contribution in [1.29, 1.82) is 0 Å². The van der Waals surface area contributed by atoms with Gasteiger partial charge >= 0.3 is 0 Å². The Morgan fingerprint density at radius 2 is 1.71 bits per heavy atom.